The fourth-order valence-corrected chi connectivity index (χ4v) is 3.94. The molecule has 0 bridgehead atoms. The third-order valence-corrected chi connectivity index (χ3v) is 4.89. The van der Waals surface area contributed by atoms with E-state index in [4.69, 9.17) is 4.74 Å². The van der Waals surface area contributed by atoms with Crippen molar-refractivity contribution in [2.75, 3.05) is 6.61 Å². The van der Waals surface area contributed by atoms with Crippen molar-refractivity contribution in [1.82, 2.24) is 0 Å². The van der Waals surface area contributed by atoms with E-state index in [-0.39, 0.29) is 24.1 Å². The van der Waals surface area contributed by atoms with Crippen molar-refractivity contribution in [2.45, 2.75) is 45.6 Å². The van der Waals surface area contributed by atoms with Gasteiger partial charge in [0.1, 0.15) is 5.78 Å². The largest absolute Gasteiger partial charge is 0.466 e. The van der Waals surface area contributed by atoms with Gasteiger partial charge in [-0.2, -0.15) is 0 Å². The lowest BCUT2D eigenvalue weighted by Crippen LogP contribution is -2.62. The molecule has 106 valence electrons. The minimum absolute atomic E-state index is 0.0865. The van der Waals surface area contributed by atoms with Gasteiger partial charge in [-0.25, -0.2) is 0 Å². The molecule has 3 atom stereocenters. The van der Waals surface area contributed by atoms with Crippen LogP contribution in [0.25, 0.3) is 0 Å². The van der Waals surface area contributed by atoms with Crippen LogP contribution >= 0.6 is 0 Å². The summed E-state index contributed by atoms with van der Waals surface area (Å²) in [6, 6.07) is 0. The molecule has 2 fully saturated rings. The average Bonchev–Trinajstić information content (AvgIpc) is 2.48. The second-order valence-electron chi connectivity index (χ2n) is 6.45. The molecule has 0 amide bonds. The normalized spacial score (nSPS) is 39.4. The molecule has 4 nitrogen and oxygen atoms in total. The maximum Gasteiger partial charge on any atom is 0.306 e. The SMILES string of the molecule is C=CC1(O)CC2C(=O)C(C)(C)CC21CC(=O)OCC. The van der Waals surface area contributed by atoms with E-state index in [9.17, 15) is 14.7 Å². The number of carbonyl (C=O) groups excluding carboxylic acids is 2. The summed E-state index contributed by atoms with van der Waals surface area (Å²) in [5, 5.41) is 10.6. The number of hydrogen-bond acceptors (Lipinski definition) is 4. The summed E-state index contributed by atoms with van der Waals surface area (Å²) < 4.78 is 5.00. The van der Waals surface area contributed by atoms with Crippen molar-refractivity contribution in [2.24, 2.45) is 16.7 Å². The number of aliphatic hydroxyl groups is 1. The molecule has 4 heteroatoms. The van der Waals surface area contributed by atoms with Crippen LogP contribution in [0.3, 0.4) is 0 Å². The summed E-state index contributed by atoms with van der Waals surface area (Å²) in [4.78, 5) is 24.2. The Morgan fingerprint density at radius 2 is 2.21 bits per heavy atom. The van der Waals surface area contributed by atoms with E-state index in [0.717, 1.165) is 0 Å². The van der Waals surface area contributed by atoms with Gasteiger partial charge < -0.3 is 9.84 Å². The highest BCUT2D eigenvalue weighted by molar-refractivity contribution is 5.92. The van der Waals surface area contributed by atoms with Gasteiger partial charge in [-0.15, -0.1) is 6.58 Å². The lowest BCUT2D eigenvalue weighted by molar-refractivity contribution is -0.187. The number of esters is 1. The lowest BCUT2D eigenvalue weighted by Gasteiger charge is -2.56. The van der Waals surface area contributed by atoms with E-state index < -0.39 is 16.4 Å². The van der Waals surface area contributed by atoms with E-state index >= 15 is 0 Å². The molecule has 0 saturated heterocycles. The lowest BCUT2D eigenvalue weighted by atomic mass is 9.49. The van der Waals surface area contributed by atoms with Crippen LogP contribution in [0.15, 0.2) is 12.7 Å². The second-order valence-corrected chi connectivity index (χ2v) is 6.45. The molecule has 0 aromatic heterocycles. The van der Waals surface area contributed by atoms with Crippen molar-refractivity contribution in [3.05, 3.63) is 12.7 Å². The van der Waals surface area contributed by atoms with Crippen LogP contribution in [0, 0.1) is 16.7 Å². The Kier molecular flexibility index (Phi) is 3.13. The molecule has 3 unspecified atom stereocenters. The predicted octanol–water partition coefficient (Wildman–Crippen LogP) is 1.86. The first-order chi connectivity index (χ1) is 8.72. The molecule has 1 N–H and O–H groups in total. The topological polar surface area (TPSA) is 63.6 Å². The van der Waals surface area contributed by atoms with Gasteiger partial charge >= 0.3 is 5.97 Å². The standard InChI is InChI=1S/C15H22O4/c1-5-15(18)7-10-12(17)13(3,4)9-14(10,15)8-11(16)19-6-2/h5,10,18H,1,6-9H2,2-4H3. The summed E-state index contributed by atoms with van der Waals surface area (Å²) >= 11 is 0. The van der Waals surface area contributed by atoms with E-state index in [1.807, 2.05) is 13.8 Å². The van der Waals surface area contributed by atoms with E-state index in [0.29, 0.717) is 19.4 Å². The molecule has 2 saturated carbocycles. The first-order valence-electron chi connectivity index (χ1n) is 6.78. The number of hydrogen-bond donors (Lipinski definition) is 1. The number of ketones is 1. The summed E-state index contributed by atoms with van der Waals surface area (Å²) in [5.41, 5.74) is -2.35. The molecule has 0 heterocycles. The second kappa shape index (κ2) is 4.17. The zero-order valence-corrected chi connectivity index (χ0v) is 11.9. The van der Waals surface area contributed by atoms with Gasteiger partial charge in [-0.3, -0.25) is 9.59 Å². The van der Waals surface area contributed by atoms with Crippen LogP contribution in [0.2, 0.25) is 0 Å². The fourth-order valence-electron chi connectivity index (χ4n) is 3.94. The first-order valence-corrected chi connectivity index (χ1v) is 6.78. The predicted molar refractivity (Wildman–Crippen MR) is 70.3 cm³/mol. The Labute approximate surface area is 113 Å². The smallest absolute Gasteiger partial charge is 0.306 e. The van der Waals surface area contributed by atoms with Crippen LogP contribution in [-0.2, 0) is 14.3 Å². The molecular formula is C15H22O4. The van der Waals surface area contributed by atoms with Crippen molar-refractivity contribution in [3.8, 4) is 0 Å². The van der Waals surface area contributed by atoms with E-state index in [1.165, 1.54) is 6.08 Å². The highest BCUT2D eigenvalue weighted by Crippen LogP contribution is 2.68. The monoisotopic (exact) mass is 266 g/mol. The summed E-state index contributed by atoms with van der Waals surface area (Å²) in [6.07, 6.45) is 2.45. The van der Waals surface area contributed by atoms with Gasteiger partial charge in [0.05, 0.1) is 18.6 Å². The van der Waals surface area contributed by atoms with Gasteiger partial charge in [0, 0.05) is 16.7 Å². The summed E-state index contributed by atoms with van der Waals surface area (Å²) in [7, 11) is 0. The Hall–Kier alpha value is -1.16. The number of Topliss-reactive ketones (excluding diaryl/α,β-unsaturated/α-hetero) is 1. The first kappa shape index (κ1) is 14.3. The number of fused-ring (bicyclic) bond motifs is 1. The maximum absolute atomic E-state index is 12.3. The third-order valence-electron chi connectivity index (χ3n) is 4.89. The van der Waals surface area contributed by atoms with Crippen molar-refractivity contribution in [3.63, 3.8) is 0 Å². The highest BCUT2D eigenvalue weighted by Gasteiger charge is 2.73. The van der Waals surface area contributed by atoms with Crippen LogP contribution in [-0.4, -0.2) is 29.1 Å². The molecule has 2 rings (SSSR count). The molecular weight excluding hydrogens is 244 g/mol. The van der Waals surface area contributed by atoms with Gasteiger partial charge in [0.15, 0.2) is 0 Å². The summed E-state index contributed by atoms with van der Waals surface area (Å²) in [6.45, 7) is 9.49. The highest BCUT2D eigenvalue weighted by atomic mass is 16.5. The van der Waals surface area contributed by atoms with Crippen LogP contribution in [0.1, 0.15) is 40.0 Å². The third kappa shape index (κ3) is 1.76. The maximum atomic E-state index is 12.3. The fraction of sp³-hybridized carbons (Fsp3) is 0.733. The quantitative estimate of drug-likeness (QED) is 0.623. The minimum Gasteiger partial charge on any atom is -0.466 e. The number of ether oxygens (including phenoxy) is 1. The molecule has 0 spiro atoms. The van der Waals surface area contributed by atoms with Crippen molar-refractivity contribution in [1.29, 1.82) is 0 Å². The zero-order chi connectivity index (χ0) is 14.5. The molecule has 0 aromatic carbocycles. The summed E-state index contributed by atoms with van der Waals surface area (Å²) in [5.74, 6) is -0.462. The van der Waals surface area contributed by atoms with E-state index in [2.05, 4.69) is 6.58 Å². The van der Waals surface area contributed by atoms with Gasteiger partial charge in [0.25, 0.3) is 0 Å². The molecule has 0 aromatic rings. The Morgan fingerprint density at radius 1 is 1.58 bits per heavy atom. The molecule has 2 aliphatic rings. The van der Waals surface area contributed by atoms with Gasteiger partial charge in [-0.1, -0.05) is 19.9 Å². The average molecular weight is 266 g/mol. The molecule has 0 aliphatic heterocycles. The van der Waals surface area contributed by atoms with Crippen molar-refractivity contribution >= 4 is 11.8 Å². The van der Waals surface area contributed by atoms with Crippen LogP contribution in [0.5, 0.6) is 0 Å². The van der Waals surface area contributed by atoms with Gasteiger partial charge in [-0.05, 0) is 19.8 Å². The minimum atomic E-state index is -1.13. The Bertz CT molecular complexity index is 439. The molecule has 19 heavy (non-hydrogen) atoms. The Morgan fingerprint density at radius 3 is 2.68 bits per heavy atom. The number of carbonyl (C=O) groups is 2. The Balaban J connectivity index is 2.33. The molecule has 0 radical (unpaired) electrons. The van der Waals surface area contributed by atoms with E-state index in [1.54, 1.807) is 6.92 Å². The van der Waals surface area contributed by atoms with Crippen molar-refractivity contribution < 1.29 is 19.4 Å². The van der Waals surface area contributed by atoms with Gasteiger partial charge in [0.2, 0.25) is 0 Å². The number of rotatable bonds is 4. The molecule has 2 aliphatic carbocycles. The zero-order valence-electron chi connectivity index (χ0n) is 11.9. The van der Waals surface area contributed by atoms with Crippen LogP contribution < -0.4 is 0 Å². The van der Waals surface area contributed by atoms with Crippen LogP contribution in [0.4, 0.5) is 0 Å².